The highest BCUT2D eigenvalue weighted by molar-refractivity contribution is 5.55. The van der Waals surface area contributed by atoms with Crippen molar-refractivity contribution < 1.29 is 4.42 Å². The zero-order chi connectivity index (χ0) is 14.7. The van der Waals surface area contributed by atoms with Gasteiger partial charge in [0.25, 0.3) is 0 Å². The number of anilines is 1. The summed E-state index contributed by atoms with van der Waals surface area (Å²) < 4.78 is 5.65. The molecule has 0 saturated heterocycles. The van der Waals surface area contributed by atoms with Crippen LogP contribution in [0.3, 0.4) is 0 Å². The third-order valence-corrected chi connectivity index (χ3v) is 3.38. The summed E-state index contributed by atoms with van der Waals surface area (Å²) in [6.45, 7) is 6.89. The van der Waals surface area contributed by atoms with E-state index >= 15 is 0 Å². The Morgan fingerprint density at radius 2 is 1.95 bits per heavy atom. The fourth-order valence-electron chi connectivity index (χ4n) is 2.49. The molecule has 3 nitrogen and oxygen atoms in total. The Hall–Kier alpha value is -1.74. The highest BCUT2D eigenvalue weighted by Gasteiger charge is 2.11. The number of hydrogen-bond donors (Lipinski definition) is 1. The summed E-state index contributed by atoms with van der Waals surface area (Å²) in [4.78, 5) is 2.22. The van der Waals surface area contributed by atoms with E-state index in [-0.39, 0.29) is 6.04 Å². The molecule has 0 spiro atoms. The normalized spacial score (nSPS) is 12.4. The second kappa shape index (κ2) is 6.14. The zero-order valence-corrected chi connectivity index (χ0v) is 12.8. The van der Waals surface area contributed by atoms with E-state index < -0.39 is 0 Å². The van der Waals surface area contributed by atoms with Crippen molar-refractivity contribution in [1.82, 2.24) is 0 Å². The number of hydrogen-bond acceptors (Lipinski definition) is 3. The molecular formula is C17H24N2O. The van der Waals surface area contributed by atoms with E-state index in [0.29, 0.717) is 0 Å². The quantitative estimate of drug-likeness (QED) is 0.907. The number of nitrogens with two attached hydrogens (primary N) is 1. The average molecular weight is 272 g/mol. The van der Waals surface area contributed by atoms with Crippen molar-refractivity contribution >= 4 is 5.69 Å². The molecule has 0 saturated carbocycles. The van der Waals surface area contributed by atoms with Gasteiger partial charge in [-0.1, -0.05) is 17.7 Å². The molecule has 0 fully saturated rings. The van der Waals surface area contributed by atoms with Crippen LogP contribution in [0.15, 0.2) is 34.7 Å². The van der Waals surface area contributed by atoms with E-state index in [9.17, 15) is 0 Å². The van der Waals surface area contributed by atoms with Gasteiger partial charge in [-0.2, -0.15) is 0 Å². The Labute approximate surface area is 121 Å². The van der Waals surface area contributed by atoms with Crippen LogP contribution in [0.5, 0.6) is 0 Å². The Bertz CT molecular complexity index is 572. The van der Waals surface area contributed by atoms with Crippen LogP contribution in [0.1, 0.15) is 29.6 Å². The van der Waals surface area contributed by atoms with E-state index in [0.717, 1.165) is 24.5 Å². The summed E-state index contributed by atoms with van der Waals surface area (Å²) in [5.74, 6) is 1.94. The monoisotopic (exact) mass is 272 g/mol. The molecule has 0 aliphatic heterocycles. The number of aryl methyl sites for hydroxylation is 2. The van der Waals surface area contributed by atoms with Gasteiger partial charge in [0.05, 0.1) is 6.54 Å². The topological polar surface area (TPSA) is 42.4 Å². The molecule has 0 aliphatic rings. The molecule has 1 aromatic heterocycles. The lowest BCUT2D eigenvalue weighted by Crippen LogP contribution is -2.22. The molecule has 0 bridgehead atoms. The third-order valence-electron chi connectivity index (χ3n) is 3.38. The van der Waals surface area contributed by atoms with Gasteiger partial charge in [-0.05, 0) is 51.0 Å². The van der Waals surface area contributed by atoms with Gasteiger partial charge in [-0.25, -0.2) is 0 Å². The molecule has 1 aromatic carbocycles. The number of furan rings is 1. The van der Waals surface area contributed by atoms with Crippen molar-refractivity contribution in [1.29, 1.82) is 0 Å². The predicted octanol–water partition coefficient (Wildman–Crippen LogP) is 3.42. The maximum atomic E-state index is 5.96. The van der Waals surface area contributed by atoms with Crippen LogP contribution >= 0.6 is 0 Å². The Morgan fingerprint density at radius 3 is 2.55 bits per heavy atom. The first-order valence-corrected chi connectivity index (χ1v) is 7.07. The summed E-state index contributed by atoms with van der Waals surface area (Å²) in [5.41, 5.74) is 9.75. The van der Waals surface area contributed by atoms with Crippen LogP contribution in [0.4, 0.5) is 5.69 Å². The van der Waals surface area contributed by atoms with Crippen molar-refractivity contribution in [3.63, 3.8) is 0 Å². The standard InChI is InChI=1S/C17H24N2O/c1-12-5-8-17(15(9-12)10-13(2)18)19(4)11-16-7-6-14(3)20-16/h5-9,13H,10-11,18H2,1-4H3. The highest BCUT2D eigenvalue weighted by atomic mass is 16.3. The summed E-state index contributed by atoms with van der Waals surface area (Å²) >= 11 is 0. The highest BCUT2D eigenvalue weighted by Crippen LogP contribution is 2.24. The van der Waals surface area contributed by atoms with Crippen LogP contribution in [0.2, 0.25) is 0 Å². The van der Waals surface area contributed by atoms with Gasteiger partial charge in [0.15, 0.2) is 0 Å². The van der Waals surface area contributed by atoms with E-state index in [4.69, 9.17) is 10.2 Å². The molecule has 1 heterocycles. The van der Waals surface area contributed by atoms with Gasteiger partial charge in [0, 0.05) is 18.8 Å². The number of benzene rings is 1. The van der Waals surface area contributed by atoms with Gasteiger partial charge < -0.3 is 15.1 Å². The predicted molar refractivity (Wildman–Crippen MR) is 84.1 cm³/mol. The Balaban J connectivity index is 2.21. The van der Waals surface area contributed by atoms with Crippen molar-refractivity contribution in [2.24, 2.45) is 5.73 Å². The molecule has 2 aromatic rings. The van der Waals surface area contributed by atoms with Crippen LogP contribution in [0.25, 0.3) is 0 Å². The fourth-order valence-corrected chi connectivity index (χ4v) is 2.49. The van der Waals surface area contributed by atoms with Crippen LogP contribution in [0, 0.1) is 13.8 Å². The molecule has 3 heteroatoms. The molecule has 2 N–H and O–H groups in total. The SMILES string of the molecule is Cc1ccc(N(C)Cc2ccc(C)o2)c(CC(C)N)c1. The summed E-state index contributed by atoms with van der Waals surface area (Å²) in [7, 11) is 2.09. The minimum atomic E-state index is 0.162. The van der Waals surface area contributed by atoms with Gasteiger partial charge >= 0.3 is 0 Å². The van der Waals surface area contributed by atoms with Crippen LogP contribution in [-0.4, -0.2) is 13.1 Å². The third kappa shape index (κ3) is 3.64. The smallest absolute Gasteiger partial charge is 0.123 e. The largest absolute Gasteiger partial charge is 0.464 e. The van der Waals surface area contributed by atoms with Crippen LogP contribution < -0.4 is 10.6 Å². The van der Waals surface area contributed by atoms with E-state index in [2.05, 4.69) is 37.1 Å². The number of rotatable bonds is 5. The van der Waals surface area contributed by atoms with Crippen molar-refractivity contribution in [2.45, 2.75) is 39.8 Å². The molecule has 1 unspecified atom stereocenters. The van der Waals surface area contributed by atoms with E-state index in [1.165, 1.54) is 16.8 Å². The van der Waals surface area contributed by atoms with Gasteiger partial charge in [0.1, 0.15) is 11.5 Å². The molecule has 0 aliphatic carbocycles. The van der Waals surface area contributed by atoms with Gasteiger partial charge in [-0.15, -0.1) is 0 Å². The second-order valence-electron chi connectivity index (χ2n) is 5.68. The van der Waals surface area contributed by atoms with Gasteiger partial charge in [-0.3, -0.25) is 0 Å². The lowest BCUT2D eigenvalue weighted by atomic mass is 10.0. The molecule has 2 rings (SSSR count). The van der Waals surface area contributed by atoms with Crippen LogP contribution in [-0.2, 0) is 13.0 Å². The molecule has 108 valence electrons. The maximum absolute atomic E-state index is 5.96. The van der Waals surface area contributed by atoms with E-state index in [1.54, 1.807) is 0 Å². The number of nitrogens with zero attached hydrogens (tertiary/aromatic N) is 1. The Morgan fingerprint density at radius 1 is 1.20 bits per heavy atom. The van der Waals surface area contributed by atoms with Crippen molar-refractivity contribution in [3.05, 3.63) is 53.0 Å². The minimum Gasteiger partial charge on any atom is -0.464 e. The molecule has 1 atom stereocenters. The molecule has 0 radical (unpaired) electrons. The minimum absolute atomic E-state index is 0.162. The molecule has 20 heavy (non-hydrogen) atoms. The fraction of sp³-hybridized carbons (Fsp3) is 0.412. The summed E-state index contributed by atoms with van der Waals surface area (Å²) in [6.07, 6.45) is 0.887. The summed E-state index contributed by atoms with van der Waals surface area (Å²) in [5, 5.41) is 0. The van der Waals surface area contributed by atoms with Gasteiger partial charge in [0.2, 0.25) is 0 Å². The Kier molecular flexibility index (Phi) is 4.50. The average Bonchev–Trinajstić information content (AvgIpc) is 2.73. The first-order valence-electron chi connectivity index (χ1n) is 7.07. The van der Waals surface area contributed by atoms with Crippen molar-refractivity contribution in [2.75, 3.05) is 11.9 Å². The first kappa shape index (κ1) is 14.7. The first-order chi connectivity index (χ1) is 9.45. The molecule has 0 amide bonds. The lowest BCUT2D eigenvalue weighted by molar-refractivity contribution is 0.481. The van der Waals surface area contributed by atoms with Crippen molar-refractivity contribution in [3.8, 4) is 0 Å². The summed E-state index contributed by atoms with van der Waals surface area (Å²) in [6, 6.07) is 10.7. The van der Waals surface area contributed by atoms with E-state index in [1.807, 2.05) is 26.0 Å². The zero-order valence-electron chi connectivity index (χ0n) is 12.8. The molecular weight excluding hydrogens is 248 g/mol. The lowest BCUT2D eigenvalue weighted by Gasteiger charge is -2.23. The second-order valence-corrected chi connectivity index (χ2v) is 5.68. The maximum Gasteiger partial charge on any atom is 0.123 e.